The summed E-state index contributed by atoms with van der Waals surface area (Å²) in [6.45, 7) is 4.55. The van der Waals surface area contributed by atoms with Gasteiger partial charge in [-0.3, -0.25) is 4.79 Å². The van der Waals surface area contributed by atoms with Crippen molar-refractivity contribution in [3.8, 4) is 0 Å². The normalized spacial score (nSPS) is 24.3. The van der Waals surface area contributed by atoms with Crippen LogP contribution in [0, 0.1) is 5.41 Å². The van der Waals surface area contributed by atoms with Gasteiger partial charge in [-0.15, -0.1) is 0 Å². The monoisotopic (exact) mass is 202 g/mol. The van der Waals surface area contributed by atoms with E-state index in [1.165, 1.54) is 24.0 Å². The molecule has 0 amide bonds. The molecule has 0 aromatic rings. The van der Waals surface area contributed by atoms with E-state index >= 15 is 0 Å². The largest absolute Gasteiger partial charge is 0.298 e. The summed E-state index contributed by atoms with van der Waals surface area (Å²) in [5.41, 5.74) is 3.91. The molecule has 15 heavy (non-hydrogen) atoms. The summed E-state index contributed by atoms with van der Waals surface area (Å²) >= 11 is 0. The molecule has 0 heterocycles. The third-order valence-corrected chi connectivity index (χ3v) is 3.55. The molecule has 0 spiro atoms. The molecule has 0 unspecified atom stereocenters. The van der Waals surface area contributed by atoms with Gasteiger partial charge in [-0.25, -0.2) is 0 Å². The van der Waals surface area contributed by atoms with Crippen LogP contribution in [0.2, 0.25) is 0 Å². The van der Waals surface area contributed by atoms with Crippen molar-refractivity contribution in [3.63, 3.8) is 0 Å². The van der Waals surface area contributed by atoms with Gasteiger partial charge in [-0.1, -0.05) is 32.1 Å². The van der Waals surface area contributed by atoms with Crippen molar-refractivity contribution in [2.75, 3.05) is 0 Å². The number of carbonyl (C=O) groups is 1. The van der Waals surface area contributed by atoms with Crippen LogP contribution in [-0.4, -0.2) is 6.29 Å². The van der Waals surface area contributed by atoms with Crippen molar-refractivity contribution >= 4 is 6.29 Å². The van der Waals surface area contributed by atoms with Crippen molar-refractivity contribution in [3.05, 3.63) is 34.9 Å². The lowest BCUT2D eigenvalue weighted by Gasteiger charge is -2.35. The number of hydrogen-bond donors (Lipinski definition) is 0. The molecule has 0 aliphatic heterocycles. The van der Waals surface area contributed by atoms with Gasteiger partial charge in [0.15, 0.2) is 0 Å². The summed E-state index contributed by atoms with van der Waals surface area (Å²) in [5, 5.41) is 0. The minimum atomic E-state index is 0.233. The van der Waals surface area contributed by atoms with E-state index in [0.717, 1.165) is 24.7 Å². The van der Waals surface area contributed by atoms with E-state index in [2.05, 4.69) is 32.1 Å². The first-order chi connectivity index (χ1) is 7.15. The first-order valence-corrected chi connectivity index (χ1v) is 5.70. The van der Waals surface area contributed by atoms with Crippen molar-refractivity contribution in [1.29, 1.82) is 0 Å². The van der Waals surface area contributed by atoms with E-state index in [-0.39, 0.29) is 5.41 Å². The second kappa shape index (κ2) is 3.80. The van der Waals surface area contributed by atoms with Crippen LogP contribution in [0.1, 0.15) is 39.5 Å². The highest BCUT2D eigenvalue weighted by Crippen LogP contribution is 2.45. The fourth-order valence-electron chi connectivity index (χ4n) is 2.65. The van der Waals surface area contributed by atoms with Gasteiger partial charge in [0.05, 0.1) is 0 Å². The molecule has 0 aromatic heterocycles. The van der Waals surface area contributed by atoms with E-state index in [1.54, 1.807) is 0 Å². The molecule has 2 aliphatic carbocycles. The van der Waals surface area contributed by atoms with Crippen molar-refractivity contribution in [2.24, 2.45) is 5.41 Å². The van der Waals surface area contributed by atoms with E-state index in [0.29, 0.717) is 0 Å². The van der Waals surface area contributed by atoms with Crippen LogP contribution in [0.5, 0.6) is 0 Å². The first-order valence-electron chi connectivity index (χ1n) is 5.70. The molecule has 1 fully saturated rings. The zero-order chi connectivity index (χ0) is 10.9. The Kier molecular flexibility index (Phi) is 2.64. The molecule has 0 aromatic carbocycles. The second-order valence-corrected chi connectivity index (χ2v) is 5.07. The zero-order valence-corrected chi connectivity index (χ0v) is 9.55. The molecule has 1 nitrogen and oxygen atoms in total. The predicted octanol–water partition coefficient (Wildman–Crippen LogP) is 3.58. The van der Waals surface area contributed by atoms with Crippen LogP contribution < -0.4 is 0 Å². The maximum absolute atomic E-state index is 11.1. The maximum Gasteiger partial charge on any atom is 0.146 e. The molecule has 1 heteroatoms. The summed E-state index contributed by atoms with van der Waals surface area (Å²) < 4.78 is 0. The zero-order valence-electron chi connectivity index (χ0n) is 9.55. The quantitative estimate of drug-likeness (QED) is 0.594. The SMILES string of the molecule is CC1(C)CCCC2=C(C=O)CC=CC=C21. The van der Waals surface area contributed by atoms with Crippen molar-refractivity contribution in [2.45, 2.75) is 39.5 Å². The van der Waals surface area contributed by atoms with Gasteiger partial charge in [-0.05, 0) is 47.8 Å². The van der Waals surface area contributed by atoms with Crippen LogP contribution in [0.15, 0.2) is 34.9 Å². The van der Waals surface area contributed by atoms with Gasteiger partial charge in [0.25, 0.3) is 0 Å². The van der Waals surface area contributed by atoms with Gasteiger partial charge in [0, 0.05) is 0 Å². The number of aldehydes is 1. The van der Waals surface area contributed by atoms with Crippen LogP contribution in [-0.2, 0) is 4.79 Å². The molecular weight excluding hydrogens is 184 g/mol. The fraction of sp³-hybridized carbons (Fsp3) is 0.500. The second-order valence-electron chi connectivity index (χ2n) is 5.07. The summed E-state index contributed by atoms with van der Waals surface area (Å²) in [4.78, 5) is 11.1. The van der Waals surface area contributed by atoms with Crippen LogP contribution in [0.25, 0.3) is 0 Å². The Balaban J connectivity index is 2.51. The molecule has 80 valence electrons. The maximum atomic E-state index is 11.1. The third-order valence-electron chi connectivity index (χ3n) is 3.55. The molecule has 0 atom stereocenters. The topological polar surface area (TPSA) is 17.1 Å². The number of hydrogen-bond acceptors (Lipinski definition) is 1. The molecule has 1 saturated carbocycles. The Morgan fingerprint density at radius 1 is 1.40 bits per heavy atom. The summed E-state index contributed by atoms with van der Waals surface area (Å²) in [6.07, 6.45) is 11.7. The molecule has 2 aliphatic rings. The summed E-state index contributed by atoms with van der Waals surface area (Å²) in [5.74, 6) is 0. The van der Waals surface area contributed by atoms with E-state index in [4.69, 9.17) is 0 Å². The Morgan fingerprint density at radius 3 is 2.93 bits per heavy atom. The fourth-order valence-corrected chi connectivity index (χ4v) is 2.65. The number of carbonyl (C=O) groups excluding carboxylic acids is 1. The van der Waals surface area contributed by atoms with E-state index in [1.807, 2.05) is 0 Å². The molecular formula is C14H18O. The van der Waals surface area contributed by atoms with Gasteiger partial charge in [-0.2, -0.15) is 0 Å². The van der Waals surface area contributed by atoms with E-state index < -0.39 is 0 Å². The molecule has 0 saturated heterocycles. The van der Waals surface area contributed by atoms with Crippen LogP contribution in [0.3, 0.4) is 0 Å². The first kappa shape index (κ1) is 10.4. The van der Waals surface area contributed by atoms with Gasteiger partial charge in [0.1, 0.15) is 6.29 Å². The number of fused-ring (bicyclic) bond motifs is 1. The van der Waals surface area contributed by atoms with E-state index in [9.17, 15) is 4.79 Å². The number of allylic oxidation sites excluding steroid dienone is 6. The molecule has 0 N–H and O–H groups in total. The average molecular weight is 202 g/mol. The standard InChI is InChI=1S/C14H18O/c1-14(2)9-5-7-12-11(10-15)6-3-4-8-13(12)14/h3-4,8,10H,5-7,9H2,1-2H3. The highest BCUT2D eigenvalue weighted by atomic mass is 16.1. The Hall–Kier alpha value is -1.11. The summed E-state index contributed by atoms with van der Waals surface area (Å²) in [6, 6.07) is 0. The Bertz CT molecular complexity index is 367. The van der Waals surface area contributed by atoms with Gasteiger partial charge in [0.2, 0.25) is 0 Å². The molecule has 2 rings (SSSR count). The average Bonchev–Trinajstić information content (AvgIpc) is 2.40. The highest BCUT2D eigenvalue weighted by Gasteiger charge is 2.31. The summed E-state index contributed by atoms with van der Waals surface area (Å²) in [7, 11) is 0. The van der Waals surface area contributed by atoms with Crippen LogP contribution >= 0.6 is 0 Å². The Labute approximate surface area is 91.6 Å². The van der Waals surface area contributed by atoms with Gasteiger partial charge < -0.3 is 0 Å². The molecule has 0 bridgehead atoms. The van der Waals surface area contributed by atoms with Crippen molar-refractivity contribution in [1.82, 2.24) is 0 Å². The van der Waals surface area contributed by atoms with Crippen molar-refractivity contribution < 1.29 is 4.79 Å². The lowest BCUT2D eigenvalue weighted by Crippen LogP contribution is -2.22. The van der Waals surface area contributed by atoms with Crippen LogP contribution in [0.4, 0.5) is 0 Å². The minimum Gasteiger partial charge on any atom is -0.298 e. The highest BCUT2D eigenvalue weighted by molar-refractivity contribution is 5.77. The Morgan fingerprint density at radius 2 is 2.20 bits per heavy atom. The minimum absolute atomic E-state index is 0.233. The third kappa shape index (κ3) is 1.83. The lowest BCUT2D eigenvalue weighted by atomic mass is 9.69. The number of rotatable bonds is 1. The lowest BCUT2D eigenvalue weighted by molar-refractivity contribution is -0.105. The van der Waals surface area contributed by atoms with Gasteiger partial charge >= 0.3 is 0 Å². The smallest absolute Gasteiger partial charge is 0.146 e. The molecule has 0 radical (unpaired) electrons. The predicted molar refractivity (Wildman–Crippen MR) is 62.6 cm³/mol.